The molecule has 0 saturated carbocycles. The SMILES string of the molecule is O=Nc1ccc(Oc2ccnc3cc(-c4ccc(O)cc4)sc23)c(P)c1. The third-order valence-corrected chi connectivity index (χ3v) is 5.49. The third-order valence-electron chi connectivity index (χ3n) is 3.85. The van der Waals surface area contributed by atoms with E-state index < -0.39 is 0 Å². The first-order valence-electron chi connectivity index (χ1n) is 7.73. The molecule has 0 spiro atoms. The van der Waals surface area contributed by atoms with Gasteiger partial charge in [-0.25, -0.2) is 0 Å². The highest BCUT2D eigenvalue weighted by atomic mass is 32.1. The number of nitroso groups, excluding NO2 is 1. The summed E-state index contributed by atoms with van der Waals surface area (Å²) in [5.74, 6) is 1.56. The maximum atomic E-state index is 10.6. The summed E-state index contributed by atoms with van der Waals surface area (Å²) >= 11 is 1.57. The fourth-order valence-corrected chi connectivity index (χ4v) is 3.96. The zero-order valence-electron chi connectivity index (χ0n) is 13.4. The van der Waals surface area contributed by atoms with Gasteiger partial charge in [-0.05, 0) is 59.3 Å². The van der Waals surface area contributed by atoms with E-state index in [1.807, 2.05) is 24.3 Å². The summed E-state index contributed by atoms with van der Waals surface area (Å²) in [7, 11) is 2.55. The summed E-state index contributed by atoms with van der Waals surface area (Å²) in [5, 5.41) is 13.1. The standard InChI is InChI=1S/C19H13N2O3PS/c22-13-4-1-11(2-5-13)18-10-14-19(26-18)16(7-8-20-14)24-15-6-3-12(21-23)9-17(15)25/h1-10,22H,25H2. The van der Waals surface area contributed by atoms with Crippen molar-refractivity contribution < 1.29 is 9.84 Å². The Morgan fingerprint density at radius 1 is 1.04 bits per heavy atom. The van der Waals surface area contributed by atoms with Crippen LogP contribution in [0.15, 0.2) is 66.0 Å². The van der Waals surface area contributed by atoms with Crippen molar-refractivity contribution in [1.82, 2.24) is 4.98 Å². The number of ether oxygens (including phenoxy) is 1. The number of rotatable bonds is 4. The van der Waals surface area contributed by atoms with E-state index in [-0.39, 0.29) is 5.75 Å². The zero-order chi connectivity index (χ0) is 18.1. The van der Waals surface area contributed by atoms with Crippen LogP contribution in [0.3, 0.4) is 0 Å². The average Bonchev–Trinajstić information content (AvgIpc) is 3.09. The zero-order valence-corrected chi connectivity index (χ0v) is 15.4. The number of pyridine rings is 1. The van der Waals surface area contributed by atoms with Gasteiger partial charge in [0.05, 0.1) is 10.2 Å². The van der Waals surface area contributed by atoms with Crippen LogP contribution in [-0.4, -0.2) is 10.1 Å². The van der Waals surface area contributed by atoms with E-state index in [2.05, 4.69) is 19.4 Å². The molecule has 0 aliphatic carbocycles. The summed E-state index contributed by atoms with van der Waals surface area (Å²) in [6, 6.07) is 15.9. The normalized spacial score (nSPS) is 10.8. The van der Waals surface area contributed by atoms with Gasteiger partial charge < -0.3 is 9.84 Å². The molecular formula is C19H13N2O3PS. The van der Waals surface area contributed by atoms with Crippen LogP contribution < -0.4 is 10.0 Å². The summed E-state index contributed by atoms with van der Waals surface area (Å²) < 4.78 is 6.98. The van der Waals surface area contributed by atoms with E-state index in [9.17, 15) is 10.0 Å². The molecule has 2 heterocycles. The Bertz CT molecular complexity index is 1110. The van der Waals surface area contributed by atoms with Gasteiger partial charge in [-0.15, -0.1) is 25.5 Å². The van der Waals surface area contributed by atoms with Crippen LogP contribution in [0.25, 0.3) is 20.7 Å². The van der Waals surface area contributed by atoms with E-state index in [0.717, 1.165) is 26.0 Å². The molecule has 0 amide bonds. The molecule has 0 aliphatic heterocycles. The first-order valence-corrected chi connectivity index (χ1v) is 9.12. The molecule has 26 heavy (non-hydrogen) atoms. The monoisotopic (exact) mass is 380 g/mol. The topological polar surface area (TPSA) is 71.8 Å². The highest BCUT2D eigenvalue weighted by molar-refractivity contribution is 7.27. The lowest BCUT2D eigenvalue weighted by atomic mass is 10.2. The lowest BCUT2D eigenvalue weighted by Crippen LogP contribution is -1.97. The number of aromatic hydroxyl groups is 1. The highest BCUT2D eigenvalue weighted by Crippen LogP contribution is 2.39. The van der Waals surface area contributed by atoms with Crippen molar-refractivity contribution >= 4 is 41.8 Å². The van der Waals surface area contributed by atoms with Crippen molar-refractivity contribution in [3.63, 3.8) is 0 Å². The molecule has 1 atom stereocenters. The van der Waals surface area contributed by atoms with E-state index in [4.69, 9.17) is 4.74 Å². The number of hydrogen-bond acceptors (Lipinski definition) is 6. The molecule has 1 unspecified atom stereocenters. The van der Waals surface area contributed by atoms with E-state index >= 15 is 0 Å². The first-order chi connectivity index (χ1) is 12.6. The molecule has 128 valence electrons. The summed E-state index contributed by atoms with van der Waals surface area (Å²) in [6.07, 6.45) is 1.70. The quantitative estimate of drug-likeness (QED) is 0.382. The second-order valence-corrected chi connectivity index (χ2v) is 7.27. The van der Waals surface area contributed by atoms with Crippen LogP contribution in [0, 0.1) is 4.91 Å². The number of thiophene rings is 1. The lowest BCUT2D eigenvalue weighted by Gasteiger charge is -2.09. The lowest BCUT2D eigenvalue weighted by molar-refractivity contribution is 0.475. The smallest absolute Gasteiger partial charge is 0.148 e. The molecule has 0 radical (unpaired) electrons. The van der Waals surface area contributed by atoms with Crippen LogP contribution in [0.4, 0.5) is 5.69 Å². The molecule has 4 rings (SSSR count). The number of phenolic OH excluding ortho intramolecular Hbond substituents is 1. The minimum Gasteiger partial charge on any atom is -0.508 e. The van der Waals surface area contributed by atoms with Crippen LogP contribution in [-0.2, 0) is 0 Å². The van der Waals surface area contributed by atoms with Crippen LogP contribution >= 0.6 is 20.6 Å². The van der Waals surface area contributed by atoms with E-state index in [1.165, 1.54) is 0 Å². The number of benzene rings is 2. The van der Waals surface area contributed by atoms with Gasteiger partial charge in [-0.3, -0.25) is 4.98 Å². The molecule has 5 nitrogen and oxygen atoms in total. The van der Waals surface area contributed by atoms with Gasteiger partial charge in [0.2, 0.25) is 0 Å². The minimum absolute atomic E-state index is 0.234. The fraction of sp³-hybridized carbons (Fsp3) is 0. The molecule has 1 N–H and O–H groups in total. The highest BCUT2D eigenvalue weighted by Gasteiger charge is 2.12. The van der Waals surface area contributed by atoms with Crippen molar-refractivity contribution in [3.05, 3.63) is 65.7 Å². The molecule has 7 heteroatoms. The Hall–Kier alpha value is -2.82. The Morgan fingerprint density at radius 3 is 2.58 bits per heavy atom. The molecule has 0 fully saturated rings. The van der Waals surface area contributed by atoms with Gasteiger partial charge in [0, 0.05) is 22.4 Å². The van der Waals surface area contributed by atoms with Crippen LogP contribution in [0.1, 0.15) is 0 Å². The number of phenols is 1. The van der Waals surface area contributed by atoms with Gasteiger partial charge in [0.15, 0.2) is 0 Å². The van der Waals surface area contributed by atoms with E-state index in [1.54, 1.807) is 47.9 Å². The van der Waals surface area contributed by atoms with Gasteiger partial charge in [0.25, 0.3) is 0 Å². The second kappa shape index (κ2) is 6.83. The largest absolute Gasteiger partial charge is 0.508 e. The van der Waals surface area contributed by atoms with Gasteiger partial charge in [-0.1, -0.05) is 0 Å². The van der Waals surface area contributed by atoms with Crippen molar-refractivity contribution in [2.75, 3.05) is 0 Å². The predicted molar refractivity (Wildman–Crippen MR) is 108 cm³/mol. The third kappa shape index (κ3) is 3.17. The average molecular weight is 380 g/mol. The summed E-state index contributed by atoms with van der Waals surface area (Å²) in [6.45, 7) is 0. The van der Waals surface area contributed by atoms with E-state index in [0.29, 0.717) is 17.2 Å². The number of fused-ring (bicyclic) bond motifs is 1. The number of aromatic nitrogens is 1. The summed E-state index contributed by atoms with van der Waals surface area (Å²) in [4.78, 5) is 16.1. The van der Waals surface area contributed by atoms with Crippen molar-refractivity contribution in [2.24, 2.45) is 5.18 Å². The Labute approximate surface area is 155 Å². The number of hydrogen-bond donors (Lipinski definition) is 1. The van der Waals surface area contributed by atoms with Gasteiger partial charge in [0.1, 0.15) is 22.9 Å². The Balaban J connectivity index is 1.74. The molecule has 0 saturated heterocycles. The molecule has 4 aromatic rings. The van der Waals surface area contributed by atoms with Crippen LogP contribution in [0.2, 0.25) is 0 Å². The van der Waals surface area contributed by atoms with Crippen molar-refractivity contribution in [1.29, 1.82) is 0 Å². The molecule has 0 aliphatic rings. The first kappa shape index (κ1) is 16.6. The second-order valence-electron chi connectivity index (χ2n) is 5.60. The minimum atomic E-state index is 0.234. The molecule has 0 bridgehead atoms. The Kier molecular flexibility index (Phi) is 4.37. The fourth-order valence-electron chi connectivity index (χ4n) is 2.57. The van der Waals surface area contributed by atoms with Gasteiger partial charge in [-0.2, -0.15) is 0 Å². The number of nitrogens with zero attached hydrogens (tertiary/aromatic N) is 2. The maximum absolute atomic E-state index is 10.6. The summed E-state index contributed by atoms with van der Waals surface area (Å²) in [5.41, 5.74) is 2.20. The maximum Gasteiger partial charge on any atom is 0.148 e. The van der Waals surface area contributed by atoms with Crippen LogP contribution in [0.5, 0.6) is 17.2 Å². The van der Waals surface area contributed by atoms with Crippen molar-refractivity contribution in [3.8, 4) is 27.7 Å². The van der Waals surface area contributed by atoms with Crippen molar-refractivity contribution in [2.45, 2.75) is 0 Å². The Morgan fingerprint density at radius 2 is 1.85 bits per heavy atom. The molecule has 2 aromatic heterocycles. The molecule has 2 aromatic carbocycles. The predicted octanol–water partition coefficient (Wildman–Crippen LogP) is 5.36. The molecular weight excluding hydrogens is 367 g/mol. The van der Waals surface area contributed by atoms with Gasteiger partial charge >= 0.3 is 0 Å².